The van der Waals surface area contributed by atoms with E-state index in [0.29, 0.717) is 18.8 Å². The minimum atomic E-state index is -1.28. The van der Waals surface area contributed by atoms with Crippen LogP contribution in [0.1, 0.15) is 33.3 Å². The van der Waals surface area contributed by atoms with Crippen molar-refractivity contribution in [1.29, 1.82) is 0 Å². The van der Waals surface area contributed by atoms with Crippen molar-refractivity contribution in [2.24, 2.45) is 0 Å². The summed E-state index contributed by atoms with van der Waals surface area (Å²) < 4.78 is 13.6. The number of ether oxygens (including phenoxy) is 2. The number of aryl methyl sites for hydroxylation is 3. The SMILES string of the molecule is CCn1c(=O)n(CC)c2cc(NC=C3C(=O)OC(C)(C)OC3=O)c(C)cc21. The molecule has 0 unspecified atom stereocenters. The number of imidazole rings is 1. The van der Waals surface area contributed by atoms with E-state index >= 15 is 0 Å². The Bertz CT molecular complexity index is 1000. The van der Waals surface area contributed by atoms with Gasteiger partial charge in [-0.3, -0.25) is 9.13 Å². The Hall–Kier alpha value is -3.03. The molecule has 2 aromatic rings. The van der Waals surface area contributed by atoms with Crippen LogP contribution in [-0.4, -0.2) is 26.9 Å². The van der Waals surface area contributed by atoms with Gasteiger partial charge in [0.15, 0.2) is 5.57 Å². The lowest BCUT2D eigenvalue weighted by Gasteiger charge is -2.29. The summed E-state index contributed by atoms with van der Waals surface area (Å²) in [6.45, 7) is 9.82. The Balaban J connectivity index is 2.01. The fraction of sp³-hybridized carbons (Fsp3) is 0.421. The van der Waals surface area contributed by atoms with E-state index < -0.39 is 17.7 Å². The van der Waals surface area contributed by atoms with E-state index in [1.165, 1.54) is 20.0 Å². The van der Waals surface area contributed by atoms with E-state index in [0.717, 1.165) is 16.6 Å². The molecule has 8 nitrogen and oxygen atoms in total. The topological polar surface area (TPSA) is 91.6 Å². The zero-order valence-electron chi connectivity index (χ0n) is 16.1. The van der Waals surface area contributed by atoms with Gasteiger partial charge in [0.1, 0.15) is 0 Å². The molecule has 0 spiro atoms. The van der Waals surface area contributed by atoms with Gasteiger partial charge in [-0.2, -0.15) is 0 Å². The molecule has 1 aliphatic heterocycles. The van der Waals surface area contributed by atoms with Crippen LogP contribution in [0.4, 0.5) is 5.69 Å². The van der Waals surface area contributed by atoms with Crippen molar-refractivity contribution >= 4 is 28.7 Å². The number of aromatic nitrogens is 2. The molecule has 0 radical (unpaired) electrons. The normalized spacial score (nSPS) is 16.3. The van der Waals surface area contributed by atoms with Gasteiger partial charge in [0.05, 0.1) is 11.0 Å². The minimum Gasteiger partial charge on any atom is -0.419 e. The molecule has 144 valence electrons. The summed E-state index contributed by atoms with van der Waals surface area (Å²) in [7, 11) is 0. The predicted octanol–water partition coefficient (Wildman–Crippen LogP) is 2.28. The first-order valence-corrected chi connectivity index (χ1v) is 8.85. The first-order chi connectivity index (χ1) is 12.7. The third-order valence-corrected chi connectivity index (χ3v) is 4.49. The Morgan fingerprint density at radius 3 is 2.04 bits per heavy atom. The molecule has 1 aliphatic rings. The van der Waals surface area contributed by atoms with Gasteiger partial charge in [-0.1, -0.05) is 0 Å². The van der Waals surface area contributed by atoms with Crippen molar-refractivity contribution in [2.45, 2.75) is 53.5 Å². The maximum absolute atomic E-state index is 12.5. The number of carbonyl (C=O) groups is 2. The van der Waals surface area contributed by atoms with Gasteiger partial charge in [-0.15, -0.1) is 0 Å². The second kappa shape index (κ2) is 6.61. The maximum atomic E-state index is 12.5. The summed E-state index contributed by atoms with van der Waals surface area (Å²) in [5, 5.41) is 2.97. The van der Waals surface area contributed by atoms with E-state index in [-0.39, 0.29) is 11.3 Å². The van der Waals surface area contributed by atoms with Crippen molar-refractivity contribution in [3.8, 4) is 0 Å². The number of hydrogen-bond donors (Lipinski definition) is 1. The second-order valence-electron chi connectivity index (χ2n) is 6.81. The average Bonchev–Trinajstić information content (AvgIpc) is 2.82. The third kappa shape index (κ3) is 3.22. The molecule has 1 N–H and O–H groups in total. The minimum absolute atomic E-state index is 0.0634. The molecule has 2 heterocycles. The lowest BCUT2D eigenvalue weighted by atomic mass is 10.1. The van der Waals surface area contributed by atoms with Crippen LogP contribution in [0.15, 0.2) is 28.7 Å². The van der Waals surface area contributed by atoms with E-state index in [1.807, 2.05) is 32.9 Å². The molecule has 27 heavy (non-hydrogen) atoms. The van der Waals surface area contributed by atoms with Crippen molar-refractivity contribution in [3.63, 3.8) is 0 Å². The molecular formula is C19H23N3O5. The molecule has 0 atom stereocenters. The van der Waals surface area contributed by atoms with Crippen molar-refractivity contribution in [2.75, 3.05) is 5.32 Å². The standard InChI is InChI=1S/C19H23N3O5/c1-6-21-14-8-11(3)13(9-15(14)22(7-2)18(21)25)20-10-12-16(23)26-19(4,5)27-17(12)24/h8-10,20H,6-7H2,1-5H3. The van der Waals surface area contributed by atoms with Crippen LogP contribution in [0.2, 0.25) is 0 Å². The van der Waals surface area contributed by atoms with E-state index in [4.69, 9.17) is 9.47 Å². The first-order valence-electron chi connectivity index (χ1n) is 8.85. The fourth-order valence-electron chi connectivity index (χ4n) is 3.16. The Kier molecular flexibility index (Phi) is 4.59. The van der Waals surface area contributed by atoms with Crippen LogP contribution in [0.3, 0.4) is 0 Å². The maximum Gasteiger partial charge on any atom is 0.350 e. The monoisotopic (exact) mass is 373 g/mol. The average molecular weight is 373 g/mol. The largest absolute Gasteiger partial charge is 0.419 e. The summed E-state index contributed by atoms with van der Waals surface area (Å²) in [5.74, 6) is -2.77. The van der Waals surface area contributed by atoms with E-state index in [9.17, 15) is 14.4 Å². The highest BCUT2D eigenvalue weighted by Crippen LogP contribution is 2.26. The number of rotatable bonds is 4. The smallest absolute Gasteiger partial charge is 0.350 e. The molecule has 1 fully saturated rings. The van der Waals surface area contributed by atoms with Gasteiger partial charge in [-0.25, -0.2) is 14.4 Å². The van der Waals surface area contributed by atoms with Crippen LogP contribution in [0.25, 0.3) is 11.0 Å². The zero-order valence-corrected chi connectivity index (χ0v) is 16.1. The lowest BCUT2D eigenvalue weighted by molar-refractivity contribution is -0.222. The summed E-state index contributed by atoms with van der Waals surface area (Å²) in [6.07, 6.45) is 1.28. The predicted molar refractivity (Wildman–Crippen MR) is 100 cm³/mol. The Morgan fingerprint density at radius 1 is 1.00 bits per heavy atom. The molecule has 0 aliphatic carbocycles. The number of anilines is 1. The number of cyclic esters (lactones) is 2. The molecule has 0 bridgehead atoms. The van der Waals surface area contributed by atoms with Gasteiger partial charge in [-0.05, 0) is 38.5 Å². The number of fused-ring (bicyclic) bond motifs is 1. The van der Waals surface area contributed by atoms with Gasteiger partial charge in [0.2, 0.25) is 0 Å². The van der Waals surface area contributed by atoms with E-state index in [1.54, 1.807) is 9.13 Å². The van der Waals surface area contributed by atoms with Crippen molar-refractivity contribution in [3.05, 3.63) is 40.0 Å². The first kappa shape index (κ1) is 18.8. The van der Waals surface area contributed by atoms with Gasteiger partial charge < -0.3 is 14.8 Å². The van der Waals surface area contributed by atoms with Crippen LogP contribution < -0.4 is 11.0 Å². The highest BCUT2D eigenvalue weighted by molar-refractivity contribution is 6.15. The number of hydrogen-bond acceptors (Lipinski definition) is 6. The Labute approximate surface area is 156 Å². The summed E-state index contributed by atoms with van der Waals surface area (Å²) in [6, 6.07) is 3.75. The highest BCUT2D eigenvalue weighted by atomic mass is 16.7. The molecule has 0 amide bonds. The van der Waals surface area contributed by atoms with Crippen LogP contribution in [-0.2, 0) is 32.2 Å². The number of benzene rings is 1. The number of esters is 2. The van der Waals surface area contributed by atoms with Crippen molar-refractivity contribution < 1.29 is 19.1 Å². The second-order valence-corrected chi connectivity index (χ2v) is 6.81. The number of nitrogens with zero attached hydrogens (tertiary/aromatic N) is 2. The van der Waals surface area contributed by atoms with Crippen LogP contribution >= 0.6 is 0 Å². The van der Waals surface area contributed by atoms with Gasteiger partial charge in [0.25, 0.3) is 5.79 Å². The molecule has 8 heteroatoms. The highest BCUT2D eigenvalue weighted by Gasteiger charge is 2.38. The lowest BCUT2D eigenvalue weighted by Crippen LogP contribution is -2.42. The van der Waals surface area contributed by atoms with Crippen LogP contribution in [0, 0.1) is 6.92 Å². The summed E-state index contributed by atoms with van der Waals surface area (Å²) in [5.41, 5.74) is 2.90. The fourth-order valence-corrected chi connectivity index (χ4v) is 3.16. The summed E-state index contributed by atoms with van der Waals surface area (Å²) in [4.78, 5) is 36.6. The molecule has 1 aromatic carbocycles. The summed E-state index contributed by atoms with van der Waals surface area (Å²) >= 11 is 0. The number of nitrogens with one attached hydrogen (secondary N) is 1. The number of carbonyl (C=O) groups excluding carboxylic acids is 2. The third-order valence-electron chi connectivity index (χ3n) is 4.49. The Morgan fingerprint density at radius 2 is 1.52 bits per heavy atom. The van der Waals surface area contributed by atoms with E-state index in [2.05, 4.69) is 5.32 Å². The molecular weight excluding hydrogens is 350 g/mol. The molecule has 0 saturated carbocycles. The molecule has 1 saturated heterocycles. The zero-order chi connectivity index (χ0) is 19.9. The van der Waals surface area contributed by atoms with Gasteiger partial charge >= 0.3 is 17.6 Å². The van der Waals surface area contributed by atoms with Gasteiger partial charge in [0, 0.05) is 38.8 Å². The van der Waals surface area contributed by atoms with Crippen molar-refractivity contribution in [1.82, 2.24) is 9.13 Å². The molecule has 3 rings (SSSR count). The van der Waals surface area contributed by atoms with Crippen LogP contribution in [0.5, 0.6) is 0 Å². The molecule has 1 aromatic heterocycles. The quantitative estimate of drug-likeness (QED) is 0.502.